The van der Waals surface area contributed by atoms with Crippen LogP contribution in [0, 0.1) is 12.3 Å². The Hall–Kier alpha value is -1.88. The van der Waals surface area contributed by atoms with Crippen molar-refractivity contribution in [2.45, 2.75) is 51.6 Å². The van der Waals surface area contributed by atoms with Crippen LogP contribution in [0.25, 0.3) is 0 Å². The largest absolute Gasteiger partial charge is 0.369 e. The van der Waals surface area contributed by atoms with Crippen molar-refractivity contribution in [3.63, 3.8) is 0 Å². The summed E-state index contributed by atoms with van der Waals surface area (Å²) in [4.78, 5) is 25.4. The lowest BCUT2D eigenvalue weighted by molar-refractivity contribution is -0.121. The van der Waals surface area contributed by atoms with Crippen LogP contribution in [-0.2, 0) is 16.1 Å². The van der Waals surface area contributed by atoms with Crippen LogP contribution in [0.1, 0.15) is 44.6 Å². The molecule has 1 fully saturated rings. The Morgan fingerprint density at radius 1 is 1.32 bits per heavy atom. The molecule has 137 valence electrons. The molecular formula is C20H30N3O2. The molecule has 1 heterocycles. The molecule has 2 amide bonds. The zero-order chi connectivity index (χ0) is 18.1. The highest BCUT2D eigenvalue weighted by Crippen LogP contribution is 2.21. The molecule has 1 aromatic carbocycles. The third kappa shape index (κ3) is 6.86. The van der Waals surface area contributed by atoms with Crippen LogP contribution >= 0.6 is 0 Å². The highest BCUT2D eigenvalue weighted by Gasteiger charge is 2.22. The molecule has 0 bridgehead atoms. The van der Waals surface area contributed by atoms with Crippen molar-refractivity contribution in [2.24, 2.45) is 11.7 Å². The van der Waals surface area contributed by atoms with E-state index >= 15 is 0 Å². The van der Waals surface area contributed by atoms with E-state index in [0.29, 0.717) is 19.0 Å². The van der Waals surface area contributed by atoms with Gasteiger partial charge >= 0.3 is 0 Å². The Morgan fingerprint density at radius 2 is 2.08 bits per heavy atom. The van der Waals surface area contributed by atoms with Crippen molar-refractivity contribution in [1.29, 1.82) is 0 Å². The number of rotatable bonds is 9. The Kier molecular flexibility index (Phi) is 7.92. The summed E-state index contributed by atoms with van der Waals surface area (Å²) in [5, 5.41) is 2.94. The molecule has 1 unspecified atom stereocenters. The molecule has 2 atom stereocenters. The summed E-state index contributed by atoms with van der Waals surface area (Å²) in [6.45, 7) is 4.49. The third-order valence-electron chi connectivity index (χ3n) is 4.90. The molecule has 1 radical (unpaired) electrons. The maximum absolute atomic E-state index is 11.9. The number of hydrogen-bond acceptors (Lipinski definition) is 3. The van der Waals surface area contributed by atoms with Crippen LogP contribution in [0.2, 0.25) is 0 Å². The van der Waals surface area contributed by atoms with E-state index in [2.05, 4.69) is 34.5 Å². The maximum atomic E-state index is 11.9. The van der Waals surface area contributed by atoms with Crippen molar-refractivity contribution in [2.75, 3.05) is 13.1 Å². The number of benzene rings is 1. The monoisotopic (exact) mass is 344 g/mol. The van der Waals surface area contributed by atoms with Gasteiger partial charge in [0.15, 0.2) is 0 Å². The van der Waals surface area contributed by atoms with Crippen molar-refractivity contribution in [3.8, 4) is 0 Å². The molecule has 3 N–H and O–H groups in total. The molecule has 0 spiro atoms. The van der Waals surface area contributed by atoms with Gasteiger partial charge in [-0.05, 0) is 37.8 Å². The minimum atomic E-state index is -0.372. The first kappa shape index (κ1) is 19.4. The first-order chi connectivity index (χ1) is 12.1. The second-order valence-corrected chi connectivity index (χ2v) is 6.93. The van der Waals surface area contributed by atoms with E-state index in [-0.39, 0.29) is 17.7 Å². The summed E-state index contributed by atoms with van der Waals surface area (Å²) >= 11 is 0. The average Bonchev–Trinajstić information content (AvgIpc) is 2.62. The van der Waals surface area contributed by atoms with E-state index in [9.17, 15) is 9.59 Å². The van der Waals surface area contributed by atoms with Crippen LogP contribution in [0.5, 0.6) is 0 Å². The lowest BCUT2D eigenvalue weighted by Gasteiger charge is -2.36. The van der Waals surface area contributed by atoms with E-state index in [1.165, 1.54) is 31.2 Å². The lowest BCUT2D eigenvalue weighted by atomic mass is 9.98. The summed E-state index contributed by atoms with van der Waals surface area (Å²) in [5.74, 6) is -0.785. The van der Waals surface area contributed by atoms with Crippen LogP contribution in [0.3, 0.4) is 0 Å². The predicted octanol–water partition coefficient (Wildman–Crippen LogP) is 2.26. The second kappa shape index (κ2) is 10.2. The number of nitrogens with two attached hydrogens (primary N) is 1. The SMILES string of the molecule is CC(C[CH]C(=O)NCC[C@@H]1CCCCN1Cc1ccccc1)C(N)=O. The van der Waals surface area contributed by atoms with E-state index < -0.39 is 0 Å². The first-order valence-corrected chi connectivity index (χ1v) is 9.24. The molecule has 1 aliphatic heterocycles. The molecule has 5 nitrogen and oxygen atoms in total. The highest BCUT2D eigenvalue weighted by molar-refractivity contribution is 5.85. The number of carbonyl (C=O) groups excluding carboxylic acids is 2. The molecule has 2 rings (SSSR count). The standard InChI is InChI=1S/C20H30N3O2/c1-16(20(21)25)10-11-19(24)22-13-12-18-9-5-6-14-23(18)15-17-7-3-2-4-8-17/h2-4,7-8,11,16,18H,5-6,9-10,12-15H2,1H3,(H2,21,25)(H,22,24)/t16?,18-/m0/s1. The van der Waals surface area contributed by atoms with Gasteiger partial charge in [-0.2, -0.15) is 0 Å². The molecule has 1 aromatic rings. The molecule has 5 heteroatoms. The summed E-state index contributed by atoms with van der Waals surface area (Å²) < 4.78 is 0. The zero-order valence-corrected chi connectivity index (χ0v) is 15.1. The number of primary amides is 1. The number of nitrogens with zero attached hydrogens (tertiary/aromatic N) is 1. The van der Waals surface area contributed by atoms with E-state index in [1.54, 1.807) is 6.92 Å². The van der Waals surface area contributed by atoms with Gasteiger partial charge in [0.25, 0.3) is 0 Å². The topological polar surface area (TPSA) is 75.4 Å². The first-order valence-electron chi connectivity index (χ1n) is 9.24. The smallest absolute Gasteiger partial charge is 0.223 e. The number of nitrogens with one attached hydrogen (secondary N) is 1. The van der Waals surface area contributed by atoms with Crippen LogP contribution in [0.15, 0.2) is 30.3 Å². The minimum absolute atomic E-state index is 0.112. The van der Waals surface area contributed by atoms with Crippen molar-refractivity contribution >= 4 is 11.8 Å². The number of likely N-dealkylation sites (tertiary alicyclic amines) is 1. The number of amides is 2. The lowest BCUT2D eigenvalue weighted by Crippen LogP contribution is -2.41. The van der Waals surface area contributed by atoms with Gasteiger partial charge in [0.1, 0.15) is 0 Å². The highest BCUT2D eigenvalue weighted by atomic mass is 16.2. The fourth-order valence-corrected chi connectivity index (χ4v) is 3.25. The Morgan fingerprint density at radius 3 is 2.80 bits per heavy atom. The predicted molar refractivity (Wildman–Crippen MR) is 99.4 cm³/mol. The Labute approximate surface area is 151 Å². The van der Waals surface area contributed by atoms with Crippen molar-refractivity contribution in [3.05, 3.63) is 42.3 Å². The number of carbonyl (C=O) groups is 2. The van der Waals surface area contributed by atoms with Gasteiger partial charge in [0, 0.05) is 25.0 Å². The molecule has 0 aliphatic carbocycles. The molecule has 1 aliphatic rings. The summed E-state index contributed by atoms with van der Waals surface area (Å²) in [6.07, 6.45) is 6.56. The molecule has 0 saturated carbocycles. The quantitative estimate of drug-likeness (QED) is 0.721. The fraction of sp³-hybridized carbons (Fsp3) is 0.550. The average molecular weight is 344 g/mol. The fourth-order valence-electron chi connectivity index (χ4n) is 3.25. The summed E-state index contributed by atoms with van der Waals surface area (Å²) in [5.41, 5.74) is 6.54. The van der Waals surface area contributed by atoms with E-state index in [0.717, 1.165) is 19.5 Å². The third-order valence-corrected chi connectivity index (χ3v) is 4.90. The van der Waals surface area contributed by atoms with Gasteiger partial charge < -0.3 is 11.1 Å². The van der Waals surface area contributed by atoms with Gasteiger partial charge in [-0.25, -0.2) is 0 Å². The zero-order valence-electron chi connectivity index (χ0n) is 15.1. The Balaban J connectivity index is 1.72. The van der Waals surface area contributed by atoms with Gasteiger partial charge in [-0.1, -0.05) is 43.7 Å². The van der Waals surface area contributed by atoms with E-state index in [4.69, 9.17) is 5.73 Å². The van der Waals surface area contributed by atoms with Crippen LogP contribution in [0.4, 0.5) is 0 Å². The van der Waals surface area contributed by atoms with Gasteiger partial charge in [-0.15, -0.1) is 0 Å². The summed E-state index contributed by atoms with van der Waals surface area (Å²) in [6, 6.07) is 11.1. The molecule has 1 saturated heterocycles. The Bertz CT molecular complexity index is 547. The van der Waals surface area contributed by atoms with Crippen LogP contribution in [-0.4, -0.2) is 35.8 Å². The number of hydrogen-bond donors (Lipinski definition) is 2. The second-order valence-electron chi connectivity index (χ2n) is 6.93. The van der Waals surface area contributed by atoms with Crippen molar-refractivity contribution in [1.82, 2.24) is 10.2 Å². The van der Waals surface area contributed by atoms with Crippen LogP contribution < -0.4 is 11.1 Å². The molecule has 0 aromatic heterocycles. The molecule has 25 heavy (non-hydrogen) atoms. The van der Waals surface area contributed by atoms with Gasteiger partial charge in [-0.3, -0.25) is 14.5 Å². The normalized spacial score (nSPS) is 19.3. The number of piperidine rings is 1. The summed E-state index contributed by atoms with van der Waals surface area (Å²) in [7, 11) is 0. The van der Waals surface area contributed by atoms with Gasteiger partial charge in [0.05, 0.1) is 6.42 Å². The molecular weight excluding hydrogens is 314 g/mol. The minimum Gasteiger partial charge on any atom is -0.369 e. The van der Waals surface area contributed by atoms with Gasteiger partial charge in [0.2, 0.25) is 11.8 Å². The maximum Gasteiger partial charge on any atom is 0.223 e. The van der Waals surface area contributed by atoms with E-state index in [1.807, 2.05) is 6.07 Å². The van der Waals surface area contributed by atoms with Crippen molar-refractivity contribution < 1.29 is 9.59 Å².